The van der Waals surface area contributed by atoms with Crippen molar-refractivity contribution in [3.05, 3.63) is 36.2 Å². The third-order valence-corrected chi connectivity index (χ3v) is 2.46. The molecular formula is C12H14N4O. The van der Waals surface area contributed by atoms with E-state index in [1.807, 2.05) is 6.92 Å². The van der Waals surface area contributed by atoms with E-state index >= 15 is 0 Å². The van der Waals surface area contributed by atoms with Gasteiger partial charge in [0, 0.05) is 30.5 Å². The number of nitrogens with zero attached hydrogens (tertiary/aromatic N) is 2. The largest absolute Gasteiger partial charge is 0.348 e. The van der Waals surface area contributed by atoms with Gasteiger partial charge in [0.25, 0.3) is 5.91 Å². The Hall–Kier alpha value is -2.01. The van der Waals surface area contributed by atoms with Gasteiger partial charge in [0.2, 0.25) is 0 Å². The molecule has 17 heavy (non-hydrogen) atoms. The Labute approximate surface area is 99.1 Å². The van der Waals surface area contributed by atoms with E-state index in [4.69, 9.17) is 5.73 Å². The summed E-state index contributed by atoms with van der Waals surface area (Å²) in [4.78, 5) is 20.1. The van der Waals surface area contributed by atoms with Crippen LogP contribution in [-0.2, 0) is 0 Å². The van der Waals surface area contributed by atoms with E-state index in [-0.39, 0.29) is 11.9 Å². The minimum absolute atomic E-state index is 0.0416. The van der Waals surface area contributed by atoms with Crippen molar-refractivity contribution in [2.75, 3.05) is 6.54 Å². The molecule has 1 aromatic heterocycles. The van der Waals surface area contributed by atoms with Crippen LogP contribution in [0.2, 0.25) is 0 Å². The number of amides is 1. The minimum Gasteiger partial charge on any atom is -0.348 e. The first kappa shape index (κ1) is 11.5. The lowest BCUT2D eigenvalue weighted by Gasteiger charge is -2.11. The normalized spacial score (nSPS) is 12.4. The fraction of sp³-hybridized carbons (Fsp3) is 0.250. The van der Waals surface area contributed by atoms with Crippen molar-refractivity contribution in [2.24, 2.45) is 5.73 Å². The number of nitrogens with one attached hydrogen (secondary N) is 1. The molecule has 1 amide bonds. The van der Waals surface area contributed by atoms with Gasteiger partial charge in [-0.2, -0.15) is 0 Å². The highest BCUT2D eigenvalue weighted by Gasteiger charge is 2.09. The van der Waals surface area contributed by atoms with Crippen LogP contribution in [0.25, 0.3) is 11.0 Å². The summed E-state index contributed by atoms with van der Waals surface area (Å²) in [5, 5.41) is 2.80. The van der Waals surface area contributed by atoms with Crippen LogP contribution in [-0.4, -0.2) is 28.5 Å². The first-order valence-corrected chi connectivity index (χ1v) is 5.42. The molecule has 2 aromatic rings. The lowest BCUT2D eigenvalue weighted by molar-refractivity contribution is 0.0941. The molecule has 0 spiro atoms. The van der Waals surface area contributed by atoms with Crippen molar-refractivity contribution >= 4 is 16.9 Å². The molecule has 1 atom stereocenters. The molecule has 5 nitrogen and oxygen atoms in total. The van der Waals surface area contributed by atoms with Crippen LogP contribution < -0.4 is 11.1 Å². The standard InChI is InChI=1S/C12H14N4O/c1-8(7-13)16-12(17)9-2-3-10-11(6-9)15-5-4-14-10/h2-6,8H,7,13H2,1H3,(H,16,17). The molecule has 0 aliphatic carbocycles. The number of benzene rings is 1. The van der Waals surface area contributed by atoms with Crippen molar-refractivity contribution in [1.29, 1.82) is 0 Å². The molecule has 1 aromatic carbocycles. The number of rotatable bonds is 3. The Morgan fingerprint density at radius 1 is 1.35 bits per heavy atom. The predicted molar refractivity (Wildman–Crippen MR) is 65.5 cm³/mol. The average molecular weight is 230 g/mol. The maximum Gasteiger partial charge on any atom is 0.251 e. The molecule has 0 bridgehead atoms. The van der Waals surface area contributed by atoms with Gasteiger partial charge in [-0.05, 0) is 25.1 Å². The molecule has 0 aliphatic rings. The maximum atomic E-state index is 11.8. The molecule has 1 heterocycles. The Bertz CT molecular complexity index is 541. The molecule has 0 radical (unpaired) electrons. The van der Waals surface area contributed by atoms with Crippen molar-refractivity contribution in [1.82, 2.24) is 15.3 Å². The SMILES string of the molecule is CC(CN)NC(=O)c1ccc2nccnc2c1. The zero-order chi connectivity index (χ0) is 12.3. The smallest absolute Gasteiger partial charge is 0.251 e. The van der Waals surface area contributed by atoms with Gasteiger partial charge >= 0.3 is 0 Å². The van der Waals surface area contributed by atoms with E-state index in [9.17, 15) is 4.79 Å². The summed E-state index contributed by atoms with van der Waals surface area (Å²) < 4.78 is 0. The van der Waals surface area contributed by atoms with Crippen LogP contribution in [0.3, 0.4) is 0 Å². The average Bonchev–Trinajstić information content (AvgIpc) is 2.38. The van der Waals surface area contributed by atoms with Gasteiger partial charge in [-0.1, -0.05) is 0 Å². The number of nitrogens with two attached hydrogens (primary N) is 1. The Balaban J connectivity index is 2.27. The second kappa shape index (κ2) is 4.88. The second-order valence-electron chi connectivity index (χ2n) is 3.87. The number of carbonyl (C=O) groups excluding carboxylic acids is 1. The van der Waals surface area contributed by atoms with Gasteiger partial charge in [-0.15, -0.1) is 0 Å². The van der Waals surface area contributed by atoms with Crippen molar-refractivity contribution in [3.8, 4) is 0 Å². The zero-order valence-corrected chi connectivity index (χ0v) is 9.55. The molecule has 0 saturated carbocycles. The molecule has 2 rings (SSSR count). The highest BCUT2D eigenvalue weighted by atomic mass is 16.1. The summed E-state index contributed by atoms with van der Waals surface area (Å²) in [6.07, 6.45) is 3.23. The van der Waals surface area contributed by atoms with E-state index in [2.05, 4.69) is 15.3 Å². The fourth-order valence-corrected chi connectivity index (χ4v) is 1.47. The molecule has 0 fully saturated rings. The number of fused-ring (bicyclic) bond motifs is 1. The van der Waals surface area contributed by atoms with Crippen LogP contribution in [0, 0.1) is 0 Å². The van der Waals surface area contributed by atoms with Crippen LogP contribution in [0.1, 0.15) is 17.3 Å². The van der Waals surface area contributed by atoms with Gasteiger partial charge < -0.3 is 11.1 Å². The highest BCUT2D eigenvalue weighted by Crippen LogP contribution is 2.10. The van der Waals surface area contributed by atoms with Gasteiger partial charge in [0.1, 0.15) is 0 Å². The number of carbonyl (C=O) groups is 1. The van der Waals surface area contributed by atoms with E-state index in [0.29, 0.717) is 17.6 Å². The molecule has 88 valence electrons. The molecule has 0 saturated heterocycles. The van der Waals surface area contributed by atoms with Crippen molar-refractivity contribution in [3.63, 3.8) is 0 Å². The van der Waals surface area contributed by atoms with Crippen LogP contribution in [0.15, 0.2) is 30.6 Å². The molecule has 0 aliphatic heterocycles. The number of aromatic nitrogens is 2. The lowest BCUT2D eigenvalue weighted by atomic mass is 10.1. The second-order valence-corrected chi connectivity index (χ2v) is 3.87. The topological polar surface area (TPSA) is 80.9 Å². The Morgan fingerprint density at radius 2 is 2.06 bits per heavy atom. The van der Waals surface area contributed by atoms with E-state index in [0.717, 1.165) is 5.52 Å². The van der Waals surface area contributed by atoms with Crippen LogP contribution >= 0.6 is 0 Å². The van der Waals surface area contributed by atoms with Crippen LogP contribution in [0.4, 0.5) is 0 Å². The summed E-state index contributed by atoms with van der Waals surface area (Å²) >= 11 is 0. The van der Waals surface area contributed by atoms with Crippen molar-refractivity contribution < 1.29 is 4.79 Å². The fourth-order valence-electron chi connectivity index (χ4n) is 1.47. The summed E-state index contributed by atoms with van der Waals surface area (Å²) in [5.74, 6) is -0.143. The van der Waals surface area contributed by atoms with Gasteiger partial charge in [0.15, 0.2) is 0 Å². The quantitative estimate of drug-likeness (QED) is 0.813. The molecule has 3 N–H and O–H groups in total. The highest BCUT2D eigenvalue weighted by molar-refractivity contribution is 5.97. The summed E-state index contributed by atoms with van der Waals surface area (Å²) in [6, 6.07) is 5.20. The van der Waals surface area contributed by atoms with Gasteiger partial charge in [-0.3, -0.25) is 14.8 Å². The monoisotopic (exact) mass is 230 g/mol. The summed E-state index contributed by atoms with van der Waals surface area (Å²) in [6.45, 7) is 2.28. The number of hydrogen-bond acceptors (Lipinski definition) is 4. The number of hydrogen-bond donors (Lipinski definition) is 2. The zero-order valence-electron chi connectivity index (χ0n) is 9.55. The van der Waals surface area contributed by atoms with Crippen LogP contribution in [0.5, 0.6) is 0 Å². The minimum atomic E-state index is -0.143. The molecule has 1 unspecified atom stereocenters. The van der Waals surface area contributed by atoms with Gasteiger partial charge in [0.05, 0.1) is 11.0 Å². The third-order valence-electron chi connectivity index (χ3n) is 2.46. The lowest BCUT2D eigenvalue weighted by Crippen LogP contribution is -2.37. The Kier molecular flexibility index (Phi) is 3.30. The molecule has 5 heteroatoms. The third kappa shape index (κ3) is 2.57. The van der Waals surface area contributed by atoms with Crippen molar-refractivity contribution in [2.45, 2.75) is 13.0 Å². The Morgan fingerprint density at radius 3 is 2.76 bits per heavy atom. The first-order valence-electron chi connectivity index (χ1n) is 5.42. The predicted octanol–water partition coefficient (Wildman–Crippen LogP) is 0.707. The first-order chi connectivity index (χ1) is 8.20. The van der Waals surface area contributed by atoms with Gasteiger partial charge in [-0.25, -0.2) is 0 Å². The molecular weight excluding hydrogens is 216 g/mol. The van der Waals surface area contributed by atoms with E-state index in [1.165, 1.54) is 0 Å². The summed E-state index contributed by atoms with van der Waals surface area (Å²) in [5.41, 5.74) is 7.50. The summed E-state index contributed by atoms with van der Waals surface area (Å²) in [7, 11) is 0. The maximum absolute atomic E-state index is 11.8. The van der Waals surface area contributed by atoms with E-state index < -0.39 is 0 Å². The van der Waals surface area contributed by atoms with E-state index in [1.54, 1.807) is 30.6 Å².